The molecule has 0 aromatic heterocycles. The highest BCUT2D eigenvalue weighted by Gasteiger charge is 2.35. The summed E-state index contributed by atoms with van der Waals surface area (Å²) in [5, 5.41) is 3.41. The monoisotopic (exact) mass is 301 g/mol. The topological polar surface area (TPSA) is 52.7 Å². The number of hydrogen-bond donors (Lipinski definition) is 1. The number of imide groups is 1. The van der Waals surface area contributed by atoms with Crippen molar-refractivity contribution in [2.24, 2.45) is 0 Å². The number of nitrogens with zero attached hydrogens (tertiary/aromatic N) is 2. The maximum absolute atomic E-state index is 12.3. The van der Waals surface area contributed by atoms with Crippen LogP contribution in [0, 0.1) is 0 Å². The number of rotatable bonds is 4. The van der Waals surface area contributed by atoms with Gasteiger partial charge in [0.1, 0.15) is 0 Å². The van der Waals surface area contributed by atoms with E-state index in [2.05, 4.69) is 17.3 Å². The Bertz CT molecular complexity index is 530. The smallest absolute Gasteiger partial charge is 0.261 e. The fourth-order valence-corrected chi connectivity index (χ4v) is 3.32. The Balaban J connectivity index is 1.60. The van der Waals surface area contributed by atoms with E-state index in [9.17, 15) is 9.59 Å². The van der Waals surface area contributed by atoms with Crippen molar-refractivity contribution in [2.75, 3.05) is 33.2 Å². The van der Waals surface area contributed by atoms with Gasteiger partial charge in [0.05, 0.1) is 11.1 Å². The highest BCUT2D eigenvalue weighted by atomic mass is 16.2. The summed E-state index contributed by atoms with van der Waals surface area (Å²) < 4.78 is 0. The third-order valence-electron chi connectivity index (χ3n) is 4.72. The van der Waals surface area contributed by atoms with E-state index >= 15 is 0 Å². The lowest BCUT2D eigenvalue weighted by atomic mass is 10.1. The van der Waals surface area contributed by atoms with E-state index in [1.807, 2.05) is 0 Å². The second-order valence-corrected chi connectivity index (χ2v) is 6.12. The van der Waals surface area contributed by atoms with Crippen LogP contribution in [0.25, 0.3) is 0 Å². The molecular weight excluding hydrogens is 278 g/mol. The van der Waals surface area contributed by atoms with Crippen LogP contribution in [0.3, 0.4) is 0 Å². The Kier molecular flexibility index (Phi) is 4.55. The molecule has 22 heavy (non-hydrogen) atoms. The second-order valence-electron chi connectivity index (χ2n) is 6.12. The minimum Gasteiger partial charge on any atom is -0.317 e. The highest BCUT2D eigenvalue weighted by molar-refractivity contribution is 6.21. The first kappa shape index (κ1) is 15.2. The van der Waals surface area contributed by atoms with E-state index in [4.69, 9.17) is 0 Å². The Hall–Kier alpha value is -1.72. The molecule has 0 bridgehead atoms. The van der Waals surface area contributed by atoms with Gasteiger partial charge in [-0.3, -0.25) is 14.5 Å². The summed E-state index contributed by atoms with van der Waals surface area (Å²) in [6, 6.07) is 7.60. The number of fused-ring (bicyclic) bond motifs is 1. The second kappa shape index (κ2) is 6.58. The Morgan fingerprint density at radius 1 is 1.14 bits per heavy atom. The fraction of sp³-hybridized carbons (Fsp3) is 0.529. The third-order valence-corrected chi connectivity index (χ3v) is 4.72. The summed E-state index contributed by atoms with van der Waals surface area (Å²) in [6.45, 7) is 3.33. The molecule has 118 valence electrons. The Labute approximate surface area is 131 Å². The molecule has 5 heteroatoms. The van der Waals surface area contributed by atoms with Crippen LogP contribution in [0.2, 0.25) is 0 Å². The summed E-state index contributed by atoms with van der Waals surface area (Å²) in [7, 11) is 2.09. The molecule has 0 radical (unpaired) electrons. The van der Waals surface area contributed by atoms with E-state index in [1.165, 1.54) is 17.7 Å². The molecule has 1 unspecified atom stereocenters. The van der Waals surface area contributed by atoms with E-state index in [-0.39, 0.29) is 11.8 Å². The van der Waals surface area contributed by atoms with Crippen molar-refractivity contribution in [2.45, 2.75) is 25.3 Å². The van der Waals surface area contributed by atoms with Crippen molar-refractivity contribution in [1.82, 2.24) is 15.1 Å². The van der Waals surface area contributed by atoms with Gasteiger partial charge in [-0.1, -0.05) is 12.1 Å². The van der Waals surface area contributed by atoms with Crippen LogP contribution in [0.1, 0.15) is 40.0 Å². The zero-order valence-electron chi connectivity index (χ0n) is 13.0. The normalized spacial score (nSPS) is 22.1. The van der Waals surface area contributed by atoms with Gasteiger partial charge in [0.15, 0.2) is 0 Å². The lowest BCUT2D eigenvalue weighted by Gasteiger charge is -2.28. The first-order chi connectivity index (χ1) is 10.7. The standard InChI is InChI=1S/C17H23N3O2/c1-19(13-5-4-9-18-10-8-13)11-12-20-16(21)14-6-2-3-7-15(14)17(20)22/h2-3,6-7,13,18H,4-5,8-12H2,1H3. The number of carbonyl (C=O) groups is 2. The summed E-state index contributed by atoms with van der Waals surface area (Å²) >= 11 is 0. The Morgan fingerprint density at radius 3 is 2.50 bits per heavy atom. The van der Waals surface area contributed by atoms with Crippen LogP contribution in [0.15, 0.2) is 24.3 Å². The van der Waals surface area contributed by atoms with Gasteiger partial charge in [0.25, 0.3) is 11.8 Å². The molecule has 1 fully saturated rings. The van der Waals surface area contributed by atoms with Gasteiger partial charge in [-0.2, -0.15) is 0 Å². The zero-order valence-corrected chi connectivity index (χ0v) is 13.0. The van der Waals surface area contributed by atoms with Gasteiger partial charge in [0, 0.05) is 19.1 Å². The molecule has 2 heterocycles. The molecule has 2 aliphatic rings. The number of likely N-dealkylation sites (N-methyl/N-ethyl adjacent to an activating group) is 1. The zero-order chi connectivity index (χ0) is 15.5. The average molecular weight is 301 g/mol. The van der Waals surface area contributed by atoms with Gasteiger partial charge in [0.2, 0.25) is 0 Å². The van der Waals surface area contributed by atoms with Crippen molar-refractivity contribution in [3.05, 3.63) is 35.4 Å². The maximum Gasteiger partial charge on any atom is 0.261 e. The number of hydrogen-bond acceptors (Lipinski definition) is 4. The molecular formula is C17H23N3O2. The molecule has 1 atom stereocenters. The SMILES string of the molecule is CN(CCN1C(=O)c2ccccc2C1=O)C1CCCNCC1. The molecule has 1 N–H and O–H groups in total. The maximum atomic E-state index is 12.3. The van der Waals surface area contributed by atoms with Crippen LogP contribution in [0.5, 0.6) is 0 Å². The summed E-state index contributed by atoms with van der Waals surface area (Å²) in [5.41, 5.74) is 1.07. The number of nitrogens with one attached hydrogen (secondary N) is 1. The Morgan fingerprint density at radius 2 is 1.82 bits per heavy atom. The predicted molar refractivity (Wildman–Crippen MR) is 84.9 cm³/mol. The van der Waals surface area contributed by atoms with Gasteiger partial charge in [-0.25, -0.2) is 0 Å². The van der Waals surface area contributed by atoms with Crippen LogP contribution < -0.4 is 5.32 Å². The summed E-state index contributed by atoms with van der Waals surface area (Å²) in [4.78, 5) is 28.3. The quantitative estimate of drug-likeness (QED) is 0.853. The van der Waals surface area contributed by atoms with Crippen LogP contribution >= 0.6 is 0 Å². The van der Waals surface area contributed by atoms with E-state index in [0.29, 0.717) is 23.7 Å². The number of benzene rings is 1. The van der Waals surface area contributed by atoms with Crippen molar-refractivity contribution in [3.63, 3.8) is 0 Å². The average Bonchev–Trinajstić information content (AvgIpc) is 2.75. The van der Waals surface area contributed by atoms with E-state index in [1.54, 1.807) is 24.3 Å². The molecule has 1 aromatic rings. The lowest BCUT2D eigenvalue weighted by molar-refractivity contribution is 0.0631. The van der Waals surface area contributed by atoms with E-state index in [0.717, 1.165) is 26.1 Å². The van der Waals surface area contributed by atoms with Crippen LogP contribution in [-0.2, 0) is 0 Å². The number of amides is 2. The molecule has 0 saturated carbocycles. The van der Waals surface area contributed by atoms with E-state index < -0.39 is 0 Å². The minimum atomic E-state index is -0.156. The van der Waals surface area contributed by atoms with Gasteiger partial charge in [-0.05, 0) is 51.5 Å². The largest absolute Gasteiger partial charge is 0.317 e. The first-order valence-corrected chi connectivity index (χ1v) is 8.04. The predicted octanol–water partition coefficient (Wildman–Crippen LogP) is 1.36. The van der Waals surface area contributed by atoms with Crippen molar-refractivity contribution in [1.29, 1.82) is 0 Å². The summed E-state index contributed by atoms with van der Waals surface area (Å²) in [6.07, 6.45) is 3.48. The summed E-state index contributed by atoms with van der Waals surface area (Å²) in [5.74, 6) is -0.312. The van der Waals surface area contributed by atoms with Gasteiger partial charge >= 0.3 is 0 Å². The molecule has 1 aromatic carbocycles. The molecule has 2 amide bonds. The van der Waals surface area contributed by atoms with Crippen LogP contribution in [0.4, 0.5) is 0 Å². The van der Waals surface area contributed by atoms with Crippen LogP contribution in [-0.4, -0.2) is 60.9 Å². The molecule has 2 aliphatic heterocycles. The highest BCUT2D eigenvalue weighted by Crippen LogP contribution is 2.22. The van der Waals surface area contributed by atoms with Crippen molar-refractivity contribution in [3.8, 4) is 0 Å². The lowest BCUT2D eigenvalue weighted by Crippen LogP contribution is -2.41. The first-order valence-electron chi connectivity index (χ1n) is 8.04. The fourth-order valence-electron chi connectivity index (χ4n) is 3.32. The third kappa shape index (κ3) is 2.91. The molecule has 5 nitrogen and oxygen atoms in total. The molecule has 1 saturated heterocycles. The molecule has 0 aliphatic carbocycles. The van der Waals surface area contributed by atoms with Crippen molar-refractivity contribution < 1.29 is 9.59 Å². The molecule has 0 spiro atoms. The minimum absolute atomic E-state index is 0.156. The van der Waals surface area contributed by atoms with Gasteiger partial charge in [-0.15, -0.1) is 0 Å². The van der Waals surface area contributed by atoms with Gasteiger partial charge < -0.3 is 10.2 Å². The van der Waals surface area contributed by atoms with Crippen molar-refractivity contribution >= 4 is 11.8 Å². The molecule has 3 rings (SSSR count). The number of carbonyl (C=O) groups excluding carboxylic acids is 2.